The Labute approximate surface area is 152 Å². The van der Waals surface area contributed by atoms with Gasteiger partial charge in [-0.05, 0) is 30.2 Å². The molecule has 0 aliphatic carbocycles. The summed E-state index contributed by atoms with van der Waals surface area (Å²) in [5.74, 6) is -1.53. The molecule has 1 radical (unpaired) electrons. The average Bonchev–Trinajstić information content (AvgIpc) is 2.44. The first-order chi connectivity index (χ1) is 9.85. The van der Waals surface area contributed by atoms with Crippen molar-refractivity contribution in [1.82, 2.24) is 16.1 Å². The van der Waals surface area contributed by atoms with E-state index >= 15 is 0 Å². The van der Waals surface area contributed by atoms with Gasteiger partial charge in [-0.3, -0.25) is 20.1 Å². The summed E-state index contributed by atoms with van der Waals surface area (Å²) in [6.45, 7) is 3.39. The summed E-state index contributed by atoms with van der Waals surface area (Å²) in [7, 11) is 0. The molecule has 0 aromatic heterocycles. The van der Waals surface area contributed by atoms with E-state index in [0.717, 1.165) is 0 Å². The van der Waals surface area contributed by atoms with Crippen LogP contribution in [0.25, 0.3) is 0 Å². The molecule has 22 heavy (non-hydrogen) atoms. The van der Waals surface area contributed by atoms with Crippen LogP contribution in [0.4, 0.5) is 4.79 Å². The van der Waals surface area contributed by atoms with E-state index in [1.54, 1.807) is 13.8 Å². The van der Waals surface area contributed by atoms with Crippen LogP contribution in [0.3, 0.4) is 0 Å². The first kappa shape index (κ1) is 20.5. The molecule has 1 atom stereocenters. The van der Waals surface area contributed by atoms with E-state index in [9.17, 15) is 14.4 Å². The molecular formula is C13H17N3O5Y. The second-order valence-corrected chi connectivity index (χ2v) is 4.67. The minimum atomic E-state index is -1.08. The van der Waals surface area contributed by atoms with E-state index in [0.29, 0.717) is 0 Å². The standard InChI is InChI=1S/C13H17N3O5.Y/c1-7(2)10(12(19)15-13(20)16-21)14-11(18)8-3-5-9(17)6-4-8;/h3-7,10,17,21H,1-2H3,(H,14,18)(H2,15,16,19,20);. The van der Waals surface area contributed by atoms with Gasteiger partial charge >= 0.3 is 6.03 Å². The van der Waals surface area contributed by atoms with E-state index in [4.69, 9.17) is 10.3 Å². The number of rotatable bonds is 4. The molecule has 0 aliphatic rings. The molecule has 9 heteroatoms. The predicted molar refractivity (Wildman–Crippen MR) is 72.7 cm³/mol. The van der Waals surface area contributed by atoms with Crippen LogP contribution in [0, 0.1) is 5.92 Å². The van der Waals surface area contributed by atoms with Crippen LogP contribution in [0.2, 0.25) is 0 Å². The maximum absolute atomic E-state index is 12.0. The van der Waals surface area contributed by atoms with E-state index in [2.05, 4.69) is 5.32 Å². The van der Waals surface area contributed by atoms with Crippen LogP contribution >= 0.6 is 0 Å². The van der Waals surface area contributed by atoms with Gasteiger partial charge in [0, 0.05) is 38.3 Å². The first-order valence-corrected chi connectivity index (χ1v) is 6.20. The van der Waals surface area contributed by atoms with Gasteiger partial charge in [0.15, 0.2) is 0 Å². The second-order valence-electron chi connectivity index (χ2n) is 4.67. The number of phenolic OH excluding ortho intramolecular Hbond substituents is 1. The molecule has 1 rings (SSSR count). The molecule has 4 amide bonds. The minimum Gasteiger partial charge on any atom is -0.508 e. The van der Waals surface area contributed by atoms with Gasteiger partial charge in [-0.2, -0.15) is 0 Å². The molecule has 5 N–H and O–H groups in total. The van der Waals surface area contributed by atoms with Crippen molar-refractivity contribution in [3.8, 4) is 5.75 Å². The Kier molecular flexibility index (Phi) is 8.85. The molecule has 0 saturated heterocycles. The predicted octanol–water partition coefficient (Wildman–Crippen LogP) is 0.359. The maximum Gasteiger partial charge on any atom is 0.345 e. The van der Waals surface area contributed by atoms with Crippen molar-refractivity contribution in [2.24, 2.45) is 5.92 Å². The van der Waals surface area contributed by atoms with Crippen molar-refractivity contribution in [1.29, 1.82) is 0 Å². The number of hydroxylamine groups is 1. The van der Waals surface area contributed by atoms with Crippen molar-refractivity contribution < 1.29 is 57.4 Å². The number of hydrogen-bond donors (Lipinski definition) is 5. The van der Waals surface area contributed by atoms with Crippen molar-refractivity contribution in [3.05, 3.63) is 29.8 Å². The number of aromatic hydroxyl groups is 1. The number of amides is 4. The van der Waals surface area contributed by atoms with E-state index in [1.807, 2.05) is 5.32 Å². The van der Waals surface area contributed by atoms with Gasteiger partial charge in [0.05, 0.1) is 0 Å². The van der Waals surface area contributed by atoms with Gasteiger partial charge in [0.2, 0.25) is 0 Å². The fourth-order valence-corrected chi connectivity index (χ4v) is 1.59. The van der Waals surface area contributed by atoms with Gasteiger partial charge in [-0.25, -0.2) is 10.3 Å². The molecule has 1 aromatic rings. The summed E-state index contributed by atoms with van der Waals surface area (Å²) >= 11 is 0. The van der Waals surface area contributed by atoms with Crippen molar-refractivity contribution in [2.45, 2.75) is 19.9 Å². The Bertz CT molecular complexity index is 533. The largest absolute Gasteiger partial charge is 0.508 e. The van der Waals surface area contributed by atoms with Gasteiger partial charge in [0.25, 0.3) is 11.8 Å². The summed E-state index contributed by atoms with van der Waals surface area (Å²) < 4.78 is 0. The van der Waals surface area contributed by atoms with E-state index in [-0.39, 0.29) is 49.9 Å². The number of benzene rings is 1. The quantitative estimate of drug-likeness (QED) is 0.378. The number of urea groups is 1. The molecule has 117 valence electrons. The third-order valence-corrected chi connectivity index (χ3v) is 2.70. The van der Waals surface area contributed by atoms with Crippen LogP contribution in [-0.4, -0.2) is 34.2 Å². The zero-order valence-electron chi connectivity index (χ0n) is 12.2. The number of carbonyl (C=O) groups is 3. The van der Waals surface area contributed by atoms with E-state index < -0.39 is 23.9 Å². The van der Waals surface area contributed by atoms with Crippen LogP contribution in [0.1, 0.15) is 24.2 Å². The first-order valence-electron chi connectivity index (χ1n) is 6.20. The molecule has 1 aromatic carbocycles. The normalized spacial score (nSPS) is 11.1. The molecular weight excluding hydrogens is 367 g/mol. The number of nitrogens with one attached hydrogen (secondary N) is 3. The van der Waals surface area contributed by atoms with Crippen LogP contribution < -0.4 is 16.1 Å². The number of hydrogen-bond acceptors (Lipinski definition) is 5. The van der Waals surface area contributed by atoms with Crippen molar-refractivity contribution >= 4 is 17.8 Å². The third kappa shape index (κ3) is 6.09. The number of phenols is 1. The van der Waals surface area contributed by atoms with Crippen LogP contribution in [0.5, 0.6) is 5.75 Å². The fraction of sp³-hybridized carbons (Fsp3) is 0.308. The Hall–Kier alpha value is -1.51. The average molecular weight is 384 g/mol. The molecule has 0 saturated carbocycles. The smallest absolute Gasteiger partial charge is 0.345 e. The third-order valence-electron chi connectivity index (χ3n) is 2.70. The topological polar surface area (TPSA) is 128 Å². The van der Waals surface area contributed by atoms with Gasteiger partial charge < -0.3 is 10.4 Å². The Morgan fingerprint density at radius 1 is 1.09 bits per heavy atom. The molecule has 0 spiro atoms. The van der Waals surface area contributed by atoms with Crippen molar-refractivity contribution in [2.75, 3.05) is 0 Å². The molecule has 8 nitrogen and oxygen atoms in total. The van der Waals surface area contributed by atoms with Crippen LogP contribution in [0.15, 0.2) is 24.3 Å². The summed E-state index contributed by atoms with van der Waals surface area (Å²) in [4.78, 5) is 34.8. The molecule has 0 bridgehead atoms. The molecule has 0 fully saturated rings. The number of imide groups is 1. The molecule has 0 aliphatic heterocycles. The van der Waals surface area contributed by atoms with Gasteiger partial charge in [-0.1, -0.05) is 13.8 Å². The second kappa shape index (κ2) is 9.50. The zero-order chi connectivity index (χ0) is 16.0. The summed E-state index contributed by atoms with van der Waals surface area (Å²) in [5.41, 5.74) is 1.53. The monoisotopic (exact) mass is 384 g/mol. The Morgan fingerprint density at radius 2 is 1.64 bits per heavy atom. The summed E-state index contributed by atoms with van der Waals surface area (Å²) in [5, 5.41) is 21.9. The number of carbonyl (C=O) groups excluding carboxylic acids is 3. The van der Waals surface area contributed by atoms with Gasteiger partial charge in [-0.15, -0.1) is 0 Å². The minimum absolute atomic E-state index is 0. The summed E-state index contributed by atoms with van der Waals surface area (Å²) in [6, 6.07) is 3.46. The molecule has 1 unspecified atom stereocenters. The fourth-order valence-electron chi connectivity index (χ4n) is 1.59. The maximum atomic E-state index is 12.0. The Balaban J connectivity index is 0.00000441. The van der Waals surface area contributed by atoms with E-state index in [1.165, 1.54) is 29.7 Å². The van der Waals surface area contributed by atoms with Crippen LogP contribution in [-0.2, 0) is 37.5 Å². The zero-order valence-corrected chi connectivity index (χ0v) is 15.0. The van der Waals surface area contributed by atoms with Gasteiger partial charge in [0.1, 0.15) is 11.8 Å². The summed E-state index contributed by atoms with van der Waals surface area (Å²) in [6.07, 6.45) is 0. The molecule has 0 heterocycles. The van der Waals surface area contributed by atoms with Crippen molar-refractivity contribution in [3.63, 3.8) is 0 Å². The SMILES string of the molecule is CC(C)C(NC(=O)c1ccc(O)cc1)C(=O)NC(=O)NO.[Y]. The Morgan fingerprint density at radius 3 is 2.09 bits per heavy atom.